The molecule has 0 aromatic carbocycles. The second-order valence-electron chi connectivity index (χ2n) is 4.42. The summed E-state index contributed by atoms with van der Waals surface area (Å²) in [6, 6.07) is 3.31. The minimum atomic E-state index is -0.209. The normalized spacial score (nSPS) is 12.6. The first-order chi connectivity index (χ1) is 8.66. The molecule has 0 aliphatic heterocycles. The van der Waals surface area contributed by atoms with Crippen LogP contribution >= 0.6 is 0 Å². The second kappa shape index (κ2) is 5.48. The van der Waals surface area contributed by atoms with E-state index in [1.165, 1.54) is 12.6 Å². The topological polar surface area (TPSA) is 73.0 Å². The fourth-order valence-electron chi connectivity index (χ4n) is 1.60. The van der Waals surface area contributed by atoms with Gasteiger partial charge in [-0.3, -0.25) is 9.48 Å². The fraction of sp³-hybridized carbons (Fsp3) is 0.417. The summed E-state index contributed by atoms with van der Waals surface area (Å²) < 4.78 is 6.77. The van der Waals surface area contributed by atoms with E-state index < -0.39 is 0 Å². The van der Waals surface area contributed by atoms with Crippen molar-refractivity contribution in [3.63, 3.8) is 0 Å². The number of carbonyl (C=O) groups excluding carboxylic acids is 1. The average molecular weight is 248 g/mol. The molecule has 1 atom stereocenters. The lowest BCUT2D eigenvalue weighted by Gasteiger charge is -2.21. The summed E-state index contributed by atoms with van der Waals surface area (Å²) in [7, 11) is 0. The monoisotopic (exact) mass is 248 g/mol. The van der Waals surface area contributed by atoms with Crippen LogP contribution in [0, 0.1) is 5.92 Å². The molecule has 0 aliphatic rings. The molecule has 0 aliphatic carbocycles. The van der Waals surface area contributed by atoms with Crippen molar-refractivity contribution in [3.8, 4) is 0 Å². The van der Waals surface area contributed by atoms with Gasteiger partial charge in [-0.25, -0.2) is 4.98 Å². The Bertz CT molecular complexity index is 476. The molecule has 1 amide bonds. The van der Waals surface area contributed by atoms with E-state index in [4.69, 9.17) is 4.42 Å². The van der Waals surface area contributed by atoms with Gasteiger partial charge < -0.3 is 9.73 Å². The Hall–Kier alpha value is -2.11. The molecule has 1 N–H and O–H groups in total. The molecule has 2 rings (SSSR count). The number of aromatic nitrogens is 3. The van der Waals surface area contributed by atoms with Crippen LogP contribution in [0.3, 0.4) is 0 Å². The zero-order valence-corrected chi connectivity index (χ0v) is 10.4. The van der Waals surface area contributed by atoms with Crippen LogP contribution in [0.25, 0.3) is 0 Å². The highest BCUT2D eigenvalue weighted by molar-refractivity contribution is 5.91. The maximum Gasteiger partial charge on any atom is 0.287 e. The van der Waals surface area contributed by atoms with Crippen LogP contribution in [0.5, 0.6) is 0 Å². The van der Waals surface area contributed by atoms with Gasteiger partial charge in [-0.2, -0.15) is 5.10 Å². The Kier molecular flexibility index (Phi) is 3.76. The largest absolute Gasteiger partial charge is 0.459 e. The third-order valence-electron chi connectivity index (χ3n) is 2.72. The molecule has 6 heteroatoms. The molecule has 0 spiro atoms. The van der Waals surface area contributed by atoms with Gasteiger partial charge in [0.1, 0.15) is 12.7 Å². The van der Waals surface area contributed by atoms with Crippen LogP contribution in [0.2, 0.25) is 0 Å². The maximum atomic E-state index is 11.9. The Morgan fingerprint density at radius 1 is 1.56 bits per heavy atom. The van der Waals surface area contributed by atoms with E-state index in [2.05, 4.69) is 15.4 Å². The molecule has 18 heavy (non-hydrogen) atoms. The SMILES string of the molecule is CC(C)[C@@H](Cn1cncn1)NC(=O)c1ccco1. The van der Waals surface area contributed by atoms with Gasteiger partial charge >= 0.3 is 0 Å². The smallest absolute Gasteiger partial charge is 0.287 e. The Morgan fingerprint density at radius 2 is 2.39 bits per heavy atom. The highest BCUT2D eigenvalue weighted by Gasteiger charge is 2.19. The van der Waals surface area contributed by atoms with Crippen molar-refractivity contribution < 1.29 is 9.21 Å². The quantitative estimate of drug-likeness (QED) is 0.866. The standard InChI is InChI=1S/C12H16N4O2/c1-9(2)10(6-16-8-13-7-14-16)15-12(17)11-4-3-5-18-11/h3-5,7-10H,6H2,1-2H3,(H,15,17)/t10-/m1/s1. The van der Waals surface area contributed by atoms with Gasteiger partial charge in [0.25, 0.3) is 5.91 Å². The van der Waals surface area contributed by atoms with Gasteiger partial charge in [-0.15, -0.1) is 0 Å². The number of nitrogens with one attached hydrogen (secondary N) is 1. The van der Waals surface area contributed by atoms with Crippen molar-refractivity contribution in [1.82, 2.24) is 20.1 Å². The van der Waals surface area contributed by atoms with Crippen LogP contribution in [0.1, 0.15) is 24.4 Å². The lowest BCUT2D eigenvalue weighted by Crippen LogP contribution is -2.41. The van der Waals surface area contributed by atoms with Gasteiger partial charge in [0.2, 0.25) is 0 Å². The minimum Gasteiger partial charge on any atom is -0.459 e. The van der Waals surface area contributed by atoms with Gasteiger partial charge in [0.15, 0.2) is 5.76 Å². The number of nitrogens with zero attached hydrogens (tertiary/aromatic N) is 3. The molecule has 0 radical (unpaired) electrons. The minimum absolute atomic E-state index is 0.0238. The molecule has 0 bridgehead atoms. The van der Waals surface area contributed by atoms with E-state index in [1.54, 1.807) is 23.1 Å². The predicted octanol–water partition coefficient (Wildman–Crippen LogP) is 1.33. The van der Waals surface area contributed by atoms with Gasteiger partial charge in [-0.05, 0) is 18.1 Å². The van der Waals surface area contributed by atoms with Crippen LogP contribution in [-0.2, 0) is 6.54 Å². The molecule has 0 saturated heterocycles. The zero-order valence-electron chi connectivity index (χ0n) is 10.4. The van der Waals surface area contributed by atoms with Gasteiger partial charge in [-0.1, -0.05) is 13.8 Å². The van der Waals surface area contributed by atoms with Crippen LogP contribution in [0.15, 0.2) is 35.5 Å². The number of furan rings is 1. The second-order valence-corrected chi connectivity index (χ2v) is 4.42. The van der Waals surface area contributed by atoms with Crippen molar-refractivity contribution in [2.24, 2.45) is 5.92 Å². The first-order valence-electron chi connectivity index (χ1n) is 5.83. The molecule has 2 aromatic rings. The number of carbonyl (C=O) groups is 1. The summed E-state index contributed by atoms with van der Waals surface area (Å²) in [5.74, 6) is 0.395. The van der Waals surface area contributed by atoms with Crippen LogP contribution < -0.4 is 5.32 Å². The van der Waals surface area contributed by atoms with E-state index >= 15 is 0 Å². The fourth-order valence-corrected chi connectivity index (χ4v) is 1.60. The molecule has 0 fully saturated rings. The zero-order chi connectivity index (χ0) is 13.0. The lowest BCUT2D eigenvalue weighted by molar-refractivity contribution is 0.0891. The third kappa shape index (κ3) is 2.97. The van der Waals surface area contributed by atoms with Crippen LogP contribution in [0.4, 0.5) is 0 Å². The lowest BCUT2D eigenvalue weighted by atomic mass is 10.0. The van der Waals surface area contributed by atoms with Crippen molar-refractivity contribution in [3.05, 3.63) is 36.8 Å². The Balaban J connectivity index is 2.00. The Morgan fingerprint density at radius 3 is 2.94 bits per heavy atom. The van der Waals surface area contributed by atoms with Crippen LogP contribution in [-0.4, -0.2) is 26.7 Å². The average Bonchev–Trinajstić information content (AvgIpc) is 3.00. The van der Waals surface area contributed by atoms with E-state index in [9.17, 15) is 4.79 Å². The first kappa shape index (κ1) is 12.3. The Labute approximate surface area is 105 Å². The van der Waals surface area contributed by atoms with Crippen molar-refractivity contribution in [2.45, 2.75) is 26.4 Å². The molecule has 0 unspecified atom stereocenters. The molecule has 2 heterocycles. The van der Waals surface area contributed by atoms with Crippen molar-refractivity contribution >= 4 is 5.91 Å². The van der Waals surface area contributed by atoms with Crippen molar-refractivity contribution in [2.75, 3.05) is 0 Å². The number of hydrogen-bond acceptors (Lipinski definition) is 4. The number of rotatable bonds is 5. The summed E-state index contributed by atoms with van der Waals surface area (Å²) in [6.07, 6.45) is 4.59. The van der Waals surface area contributed by atoms with E-state index in [-0.39, 0.29) is 17.9 Å². The highest BCUT2D eigenvalue weighted by Crippen LogP contribution is 2.07. The van der Waals surface area contributed by atoms with E-state index in [1.807, 2.05) is 13.8 Å². The summed E-state index contributed by atoms with van der Waals surface area (Å²) in [6.45, 7) is 4.68. The molecular formula is C12H16N4O2. The maximum absolute atomic E-state index is 11.9. The highest BCUT2D eigenvalue weighted by atomic mass is 16.3. The predicted molar refractivity (Wildman–Crippen MR) is 64.8 cm³/mol. The van der Waals surface area contributed by atoms with E-state index in [0.717, 1.165) is 0 Å². The third-order valence-corrected chi connectivity index (χ3v) is 2.72. The summed E-state index contributed by atoms with van der Waals surface area (Å²) >= 11 is 0. The molecule has 6 nitrogen and oxygen atoms in total. The van der Waals surface area contributed by atoms with Gasteiger partial charge in [0, 0.05) is 0 Å². The molecular weight excluding hydrogens is 232 g/mol. The molecule has 96 valence electrons. The number of hydrogen-bond donors (Lipinski definition) is 1. The molecule has 0 saturated carbocycles. The first-order valence-corrected chi connectivity index (χ1v) is 5.83. The van der Waals surface area contributed by atoms with Crippen molar-refractivity contribution in [1.29, 1.82) is 0 Å². The summed E-state index contributed by atoms with van der Waals surface area (Å²) in [4.78, 5) is 15.8. The summed E-state index contributed by atoms with van der Waals surface area (Å²) in [5, 5.41) is 6.98. The summed E-state index contributed by atoms with van der Waals surface area (Å²) in [5.41, 5.74) is 0. The molecule has 2 aromatic heterocycles. The number of amides is 1. The van der Waals surface area contributed by atoms with Gasteiger partial charge in [0.05, 0.1) is 18.8 Å². The van der Waals surface area contributed by atoms with E-state index in [0.29, 0.717) is 12.3 Å².